The lowest BCUT2D eigenvalue weighted by atomic mass is 9.96. The van der Waals surface area contributed by atoms with Gasteiger partial charge in [0.15, 0.2) is 6.61 Å². The van der Waals surface area contributed by atoms with E-state index in [1.165, 1.54) is 0 Å². The van der Waals surface area contributed by atoms with E-state index in [4.69, 9.17) is 9.47 Å². The first-order chi connectivity index (χ1) is 20.3. The number of benzene rings is 3. The van der Waals surface area contributed by atoms with Gasteiger partial charge >= 0.3 is 5.97 Å². The number of aryl methyl sites for hydroxylation is 1. The molecule has 0 aliphatic carbocycles. The number of rotatable bonds is 9. The first kappa shape index (κ1) is 31.6. The van der Waals surface area contributed by atoms with Crippen LogP contribution in [0.3, 0.4) is 0 Å². The van der Waals surface area contributed by atoms with Gasteiger partial charge < -0.3 is 20.1 Å². The number of esters is 1. The Morgan fingerprint density at radius 2 is 1.38 bits per heavy atom. The van der Waals surface area contributed by atoms with Crippen molar-refractivity contribution in [2.75, 3.05) is 33.1 Å². The average molecular weight is 581 g/mol. The standard InChI is InChI=1S/C34H32N2O5S/c1-5-40-34(39)23-41-31-17-16-29(22-24(31)2)42-21-20-30(27-12-6-25(7-13-27)10-18-32(37)35-3)28-14-8-26(9-15-28)11-19-33(38)36-4/h6-9,12-17,20,22H,5,21,23H2,1-4H3,(H,35,37)(H,36,38). The molecule has 3 rings (SSSR count). The van der Waals surface area contributed by atoms with Crippen molar-refractivity contribution in [1.29, 1.82) is 0 Å². The third kappa shape index (κ3) is 9.92. The molecule has 3 aromatic carbocycles. The van der Waals surface area contributed by atoms with Crippen LogP contribution in [0.15, 0.2) is 77.7 Å². The molecule has 0 unspecified atom stereocenters. The smallest absolute Gasteiger partial charge is 0.344 e. The van der Waals surface area contributed by atoms with Gasteiger partial charge in [-0.2, -0.15) is 0 Å². The van der Waals surface area contributed by atoms with Crippen molar-refractivity contribution >= 4 is 35.1 Å². The van der Waals surface area contributed by atoms with Gasteiger partial charge in [-0.25, -0.2) is 4.79 Å². The molecule has 0 saturated heterocycles. The molecule has 42 heavy (non-hydrogen) atoms. The highest BCUT2D eigenvalue weighted by atomic mass is 32.2. The normalized spacial score (nSPS) is 9.71. The zero-order valence-electron chi connectivity index (χ0n) is 24.0. The Kier molecular flexibility index (Phi) is 12.3. The molecule has 0 aliphatic heterocycles. The number of hydrogen-bond acceptors (Lipinski definition) is 6. The third-order valence-corrected chi connectivity index (χ3v) is 6.74. The highest BCUT2D eigenvalue weighted by Crippen LogP contribution is 2.29. The summed E-state index contributed by atoms with van der Waals surface area (Å²) >= 11 is 1.67. The number of hydrogen-bond donors (Lipinski definition) is 2. The van der Waals surface area contributed by atoms with Gasteiger partial charge in [-0.3, -0.25) is 9.59 Å². The Hall–Kier alpha value is -4.92. The van der Waals surface area contributed by atoms with E-state index in [-0.39, 0.29) is 18.4 Å². The topological polar surface area (TPSA) is 93.7 Å². The van der Waals surface area contributed by atoms with Crippen molar-refractivity contribution in [3.63, 3.8) is 0 Å². The highest BCUT2D eigenvalue weighted by Gasteiger charge is 2.08. The minimum Gasteiger partial charge on any atom is -0.482 e. The zero-order valence-corrected chi connectivity index (χ0v) is 24.8. The largest absolute Gasteiger partial charge is 0.482 e. The maximum atomic E-state index is 11.6. The molecule has 3 aromatic rings. The number of carbonyl (C=O) groups excluding carboxylic acids is 3. The predicted molar refractivity (Wildman–Crippen MR) is 166 cm³/mol. The van der Waals surface area contributed by atoms with Crippen molar-refractivity contribution < 1.29 is 23.9 Å². The van der Waals surface area contributed by atoms with Crippen LogP contribution in [0.2, 0.25) is 0 Å². The Labute approximate surface area is 251 Å². The summed E-state index contributed by atoms with van der Waals surface area (Å²) in [4.78, 5) is 35.6. The lowest BCUT2D eigenvalue weighted by Gasteiger charge is -2.11. The second kappa shape index (κ2) is 16.4. The van der Waals surface area contributed by atoms with Crippen LogP contribution in [0.5, 0.6) is 5.75 Å². The van der Waals surface area contributed by atoms with Gasteiger partial charge in [-0.1, -0.05) is 42.2 Å². The number of amides is 2. The lowest BCUT2D eigenvalue weighted by molar-refractivity contribution is -0.145. The summed E-state index contributed by atoms with van der Waals surface area (Å²) < 4.78 is 10.5. The molecular weight excluding hydrogens is 548 g/mol. The molecule has 0 heterocycles. The van der Waals surface area contributed by atoms with Gasteiger partial charge in [0.2, 0.25) is 0 Å². The summed E-state index contributed by atoms with van der Waals surface area (Å²) in [6.07, 6.45) is 2.15. The van der Waals surface area contributed by atoms with Gasteiger partial charge in [0, 0.05) is 47.7 Å². The summed E-state index contributed by atoms with van der Waals surface area (Å²) in [6, 6.07) is 21.3. The first-order valence-corrected chi connectivity index (χ1v) is 14.2. The predicted octanol–water partition coefficient (Wildman–Crippen LogP) is 4.36. The van der Waals surface area contributed by atoms with Crippen molar-refractivity contribution in [3.05, 3.63) is 101 Å². The molecular formula is C34H32N2O5S. The lowest BCUT2D eigenvalue weighted by Crippen LogP contribution is -2.14. The number of ether oxygens (including phenoxy) is 2. The summed E-state index contributed by atoms with van der Waals surface area (Å²) in [5.74, 6) is 11.1. The molecule has 0 radical (unpaired) electrons. The Morgan fingerprint density at radius 3 is 1.86 bits per heavy atom. The fraction of sp³-hybridized carbons (Fsp3) is 0.206. The second-order valence-corrected chi connectivity index (χ2v) is 9.86. The second-order valence-electron chi connectivity index (χ2n) is 8.76. The van der Waals surface area contributed by atoms with Crippen molar-refractivity contribution in [2.45, 2.75) is 18.7 Å². The maximum Gasteiger partial charge on any atom is 0.344 e. The van der Waals surface area contributed by atoms with Crippen LogP contribution in [-0.2, 0) is 19.1 Å². The third-order valence-electron chi connectivity index (χ3n) is 5.82. The fourth-order valence-electron chi connectivity index (χ4n) is 3.69. The van der Waals surface area contributed by atoms with Crippen LogP contribution < -0.4 is 15.4 Å². The van der Waals surface area contributed by atoms with Gasteiger partial charge in [-0.05, 0) is 78.6 Å². The Bertz CT molecular complexity index is 1490. The van der Waals surface area contributed by atoms with E-state index in [2.05, 4.69) is 40.4 Å². The molecule has 0 spiro atoms. The molecule has 214 valence electrons. The molecule has 8 heteroatoms. The van der Waals surface area contributed by atoms with Gasteiger partial charge in [0.1, 0.15) is 5.75 Å². The van der Waals surface area contributed by atoms with E-state index in [1.54, 1.807) is 32.8 Å². The molecule has 0 aromatic heterocycles. The average Bonchev–Trinajstić information content (AvgIpc) is 3.01. The monoisotopic (exact) mass is 580 g/mol. The van der Waals surface area contributed by atoms with E-state index in [0.29, 0.717) is 18.1 Å². The van der Waals surface area contributed by atoms with E-state index in [1.807, 2.05) is 73.7 Å². The molecule has 0 atom stereocenters. The minimum absolute atomic E-state index is 0.125. The molecule has 2 amide bonds. The number of nitrogens with one attached hydrogen (secondary N) is 2. The zero-order chi connectivity index (χ0) is 30.3. The maximum absolute atomic E-state index is 11.6. The minimum atomic E-state index is -0.397. The summed E-state index contributed by atoms with van der Waals surface area (Å²) in [7, 11) is 3.08. The molecule has 0 saturated carbocycles. The summed E-state index contributed by atoms with van der Waals surface area (Å²) in [5.41, 5.74) is 5.39. The van der Waals surface area contributed by atoms with E-state index in [0.717, 1.165) is 38.3 Å². The number of thioether (sulfide) groups is 1. The molecule has 0 aliphatic rings. The fourth-order valence-corrected chi connectivity index (χ4v) is 4.55. The van der Waals surface area contributed by atoms with Crippen molar-refractivity contribution in [3.8, 4) is 29.4 Å². The highest BCUT2D eigenvalue weighted by molar-refractivity contribution is 7.99. The van der Waals surface area contributed by atoms with E-state index < -0.39 is 5.97 Å². The van der Waals surface area contributed by atoms with Crippen LogP contribution in [-0.4, -0.2) is 50.8 Å². The van der Waals surface area contributed by atoms with Gasteiger partial charge in [-0.15, -0.1) is 11.8 Å². The molecule has 0 bridgehead atoms. The van der Waals surface area contributed by atoms with E-state index >= 15 is 0 Å². The molecule has 0 fully saturated rings. The molecule has 2 N–H and O–H groups in total. The number of carbonyl (C=O) groups is 3. The van der Waals surface area contributed by atoms with Gasteiger partial charge in [0.25, 0.3) is 11.8 Å². The van der Waals surface area contributed by atoms with Gasteiger partial charge in [0.05, 0.1) is 6.61 Å². The van der Waals surface area contributed by atoms with Crippen molar-refractivity contribution in [1.82, 2.24) is 10.6 Å². The van der Waals surface area contributed by atoms with E-state index in [9.17, 15) is 14.4 Å². The Morgan fingerprint density at radius 1 is 0.833 bits per heavy atom. The van der Waals surface area contributed by atoms with Crippen LogP contribution in [0.4, 0.5) is 0 Å². The van der Waals surface area contributed by atoms with Crippen molar-refractivity contribution in [2.24, 2.45) is 0 Å². The van der Waals surface area contributed by atoms with Crippen LogP contribution in [0, 0.1) is 30.6 Å². The van der Waals surface area contributed by atoms with Crippen LogP contribution >= 0.6 is 11.8 Å². The SMILES string of the molecule is CCOC(=O)COc1ccc(SCC=C(c2ccc(C#CC(=O)NC)cc2)c2ccc(C#CC(=O)NC)cc2)cc1C. The van der Waals surface area contributed by atoms with Crippen LogP contribution in [0.1, 0.15) is 34.7 Å². The Balaban J connectivity index is 1.82. The van der Waals surface area contributed by atoms with Crippen LogP contribution in [0.25, 0.3) is 5.57 Å². The quantitative estimate of drug-likeness (QED) is 0.222. The first-order valence-electron chi connectivity index (χ1n) is 13.2. The summed E-state index contributed by atoms with van der Waals surface area (Å²) in [6.45, 7) is 3.89. The molecule has 7 nitrogen and oxygen atoms in total. The summed E-state index contributed by atoms with van der Waals surface area (Å²) in [5, 5.41) is 4.97.